The van der Waals surface area contributed by atoms with E-state index < -0.39 is 9.84 Å². The van der Waals surface area contributed by atoms with Gasteiger partial charge in [0.15, 0.2) is 14.9 Å². The van der Waals surface area contributed by atoms with Crippen molar-refractivity contribution in [3.8, 4) is 0 Å². The molecule has 0 saturated heterocycles. The number of hydrogen-bond acceptors (Lipinski definition) is 3. The molecule has 0 amide bonds. The molecule has 82 valence electrons. The molecular weight excluding hydrogens is 210 g/mol. The van der Waals surface area contributed by atoms with Gasteiger partial charge in [0.2, 0.25) is 0 Å². The number of benzene rings is 1. The first kappa shape index (κ1) is 11.9. The van der Waals surface area contributed by atoms with Crippen LogP contribution in [-0.4, -0.2) is 26.3 Å². The van der Waals surface area contributed by atoms with Crippen molar-refractivity contribution < 1.29 is 8.42 Å². The number of rotatable bonds is 2. The van der Waals surface area contributed by atoms with E-state index >= 15 is 0 Å². The SMILES string of the molecule is CCS(=O)(=O)C(=NC)c1ccccc1C. The first-order valence-corrected chi connectivity index (χ1v) is 6.43. The highest BCUT2D eigenvalue weighted by Gasteiger charge is 2.19. The molecule has 3 nitrogen and oxygen atoms in total. The van der Waals surface area contributed by atoms with Gasteiger partial charge in [0.1, 0.15) is 0 Å². The summed E-state index contributed by atoms with van der Waals surface area (Å²) in [6, 6.07) is 7.36. The minimum atomic E-state index is -3.24. The van der Waals surface area contributed by atoms with Crippen LogP contribution < -0.4 is 0 Å². The minimum Gasteiger partial charge on any atom is -0.277 e. The smallest absolute Gasteiger partial charge is 0.195 e. The normalized spacial score (nSPS) is 12.9. The molecule has 4 heteroatoms. The van der Waals surface area contributed by atoms with E-state index in [1.807, 2.05) is 25.1 Å². The molecule has 0 spiro atoms. The van der Waals surface area contributed by atoms with E-state index in [1.165, 1.54) is 7.05 Å². The lowest BCUT2D eigenvalue weighted by Crippen LogP contribution is -2.19. The van der Waals surface area contributed by atoms with Gasteiger partial charge >= 0.3 is 0 Å². The molecule has 0 aliphatic rings. The van der Waals surface area contributed by atoms with Gasteiger partial charge in [-0.2, -0.15) is 0 Å². The molecule has 0 aliphatic heterocycles. The number of aryl methyl sites for hydroxylation is 1. The van der Waals surface area contributed by atoms with Crippen molar-refractivity contribution in [2.45, 2.75) is 13.8 Å². The van der Waals surface area contributed by atoms with Crippen LogP contribution >= 0.6 is 0 Å². The number of nitrogens with zero attached hydrogens (tertiary/aromatic N) is 1. The van der Waals surface area contributed by atoms with E-state index in [9.17, 15) is 8.42 Å². The average molecular weight is 225 g/mol. The summed E-state index contributed by atoms with van der Waals surface area (Å²) in [6.45, 7) is 3.50. The molecule has 0 atom stereocenters. The zero-order valence-corrected chi connectivity index (χ0v) is 10.0. The van der Waals surface area contributed by atoms with Crippen LogP contribution in [0.2, 0.25) is 0 Å². The Hall–Kier alpha value is -1.16. The Balaban J connectivity index is 3.35. The zero-order valence-electron chi connectivity index (χ0n) is 9.19. The predicted octanol–water partition coefficient (Wildman–Crippen LogP) is 1.81. The molecule has 0 aliphatic carbocycles. The van der Waals surface area contributed by atoms with Gasteiger partial charge in [0.05, 0.1) is 5.75 Å². The van der Waals surface area contributed by atoms with Crippen LogP contribution in [0.4, 0.5) is 0 Å². The maximum atomic E-state index is 11.8. The van der Waals surface area contributed by atoms with Crippen molar-refractivity contribution in [2.24, 2.45) is 4.99 Å². The second-order valence-corrected chi connectivity index (χ2v) is 5.44. The lowest BCUT2D eigenvalue weighted by Gasteiger charge is -2.08. The van der Waals surface area contributed by atoms with Crippen LogP contribution in [0, 0.1) is 6.92 Å². The van der Waals surface area contributed by atoms with Crippen molar-refractivity contribution in [1.82, 2.24) is 0 Å². The molecule has 1 aromatic carbocycles. The molecule has 0 saturated carbocycles. The summed E-state index contributed by atoms with van der Waals surface area (Å²) in [7, 11) is -1.73. The van der Waals surface area contributed by atoms with Crippen molar-refractivity contribution >= 4 is 14.9 Å². The third-order valence-corrected chi connectivity index (χ3v) is 4.00. The van der Waals surface area contributed by atoms with Gasteiger partial charge in [0, 0.05) is 12.6 Å². The zero-order chi connectivity index (χ0) is 11.5. The van der Waals surface area contributed by atoms with Gasteiger partial charge in [-0.05, 0) is 12.5 Å². The van der Waals surface area contributed by atoms with E-state index in [0.29, 0.717) is 5.56 Å². The fourth-order valence-electron chi connectivity index (χ4n) is 1.38. The van der Waals surface area contributed by atoms with E-state index in [1.54, 1.807) is 13.0 Å². The monoisotopic (exact) mass is 225 g/mol. The highest BCUT2D eigenvalue weighted by molar-refractivity contribution is 8.06. The molecular formula is C11H15NO2S. The number of sulfone groups is 1. The second kappa shape index (κ2) is 4.57. The van der Waals surface area contributed by atoms with Gasteiger partial charge in [0.25, 0.3) is 0 Å². The largest absolute Gasteiger partial charge is 0.277 e. The first-order chi connectivity index (χ1) is 7.03. The maximum absolute atomic E-state index is 11.8. The van der Waals surface area contributed by atoms with Crippen LogP contribution in [0.1, 0.15) is 18.1 Å². The van der Waals surface area contributed by atoms with Crippen molar-refractivity contribution in [2.75, 3.05) is 12.8 Å². The standard InChI is InChI=1S/C11H15NO2S/c1-4-15(13,14)11(12-3)10-8-6-5-7-9(10)2/h5-8H,4H2,1-3H3. The van der Waals surface area contributed by atoms with Crippen LogP contribution in [-0.2, 0) is 9.84 Å². The van der Waals surface area contributed by atoms with Crippen LogP contribution in [0.5, 0.6) is 0 Å². The number of hydrogen-bond donors (Lipinski definition) is 0. The van der Waals surface area contributed by atoms with Gasteiger partial charge < -0.3 is 0 Å². The molecule has 0 aromatic heterocycles. The summed E-state index contributed by atoms with van der Waals surface area (Å²) in [5.41, 5.74) is 1.62. The van der Waals surface area contributed by atoms with Crippen molar-refractivity contribution in [3.05, 3.63) is 35.4 Å². The third-order valence-electron chi connectivity index (χ3n) is 2.25. The lowest BCUT2D eigenvalue weighted by atomic mass is 10.1. The summed E-state index contributed by atoms with van der Waals surface area (Å²) in [4.78, 5) is 3.89. The molecule has 0 fully saturated rings. The Kier molecular flexibility index (Phi) is 3.63. The summed E-state index contributed by atoms with van der Waals surface area (Å²) in [6.07, 6.45) is 0. The first-order valence-electron chi connectivity index (χ1n) is 4.78. The topological polar surface area (TPSA) is 46.5 Å². The lowest BCUT2D eigenvalue weighted by molar-refractivity contribution is 0.608. The Morgan fingerprint density at radius 3 is 2.40 bits per heavy atom. The van der Waals surface area contributed by atoms with Gasteiger partial charge in [-0.25, -0.2) is 8.42 Å². The van der Waals surface area contributed by atoms with Gasteiger partial charge in [-0.1, -0.05) is 31.2 Å². The fraction of sp³-hybridized carbons (Fsp3) is 0.364. The maximum Gasteiger partial charge on any atom is 0.195 e. The molecule has 1 aromatic rings. The fourth-order valence-corrected chi connectivity index (χ4v) is 2.49. The van der Waals surface area contributed by atoms with Crippen molar-refractivity contribution in [1.29, 1.82) is 0 Å². The second-order valence-electron chi connectivity index (χ2n) is 3.25. The average Bonchev–Trinajstić information content (AvgIpc) is 2.21. The Bertz CT molecular complexity index is 475. The van der Waals surface area contributed by atoms with Crippen LogP contribution in [0.15, 0.2) is 29.3 Å². The summed E-state index contributed by atoms with van der Waals surface area (Å²) in [5.74, 6) is 0.0774. The predicted molar refractivity (Wildman–Crippen MR) is 63.1 cm³/mol. The van der Waals surface area contributed by atoms with Crippen molar-refractivity contribution in [3.63, 3.8) is 0 Å². The molecule has 0 radical (unpaired) electrons. The highest BCUT2D eigenvalue weighted by Crippen LogP contribution is 2.13. The minimum absolute atomic E-state index is 0.0774. The van der Waals surface area contributed by atoms with Gasteiger partial charge in [-0.15, -0.1) is 0 Å². The molecule has 0 bridgehead atoms. The Morgan fingerprint density at radius 2 is 1.93 bits per heavy atom. The Labute approximate surface area is 90.8 Å². The molecule has 15 heavy (non-hydrogen) atoms. The summed E-state index contributed by atoms with van der Waals surface area (Å²) in [5, 5.41) is 0.183. The van der Waals surface area contributed by atoms with E-state index in [-0.39, 0.29) is 10.8 Å². The third kappa shape index (κ3) is 2.45. The Morgan fingerprint density at radius 1 is 1.33 bits per heavy atom. The summed E-state index contributed by atoms with van der Waals surface area (Å²) >= 11 is 0. The van der Waals surface area contributed by atoms with E-state index in [2.05, 4.69) is 4.99 Å². The molecule has 0 N–H and O–H groups in total. The van der Waals surface area contributed by atoms with Crippen LogP contribution in [0.25, 0.3) is 0 Å². The highest BCUT2D eigenvalue weighted by atomic mass is 32.2. The molecule has 1 rings (SSSR count). The summed E-state index contributed by atoms with van der Waals surface area (Å²) < 4.78 is 23.5. The quantitative estimate of drug-likeness (QED) is 0.569. The van der Waals surface area contributed by atoms with Gasteiger partial charge in [-0.3, -0.25) is 4.99 Å². The van der Waals surface area contributed by atoms with Crippen LogP contribution in [0.3, 0.4) is 0 Å². The molecule has 0 heterocycles. The van der Waals surface area contributed by atoms with E-state index in [0.717, 1.165) is 5.56 Å². The van der Waals surface area contributed by atoms with E-state index in [4.69, 9.17) is 0 Å². The molecule has 0 unspecified atom stereocenters. The number of aliphatic imine (C=N–C) groups is 1.